The highest BCUT2D eigenvalue weighted by Crippen LogP contribution is 2.06. The van der Waals surface area contributed by atoms with Crippen molar-refractivity contribution in [1.82, 2.24) is 15.5 Å². The van der Waals surface area contributed by atoms with E-state index in [0.29, 0.717) is 11.4 Å². The molecule has 102 valence electrons. The summed E-state index contributed by atoms with van der Waals surface area (Å²) >= 11 is 0. The Kier molecular flexibility index (Phi) is 4.51. The molecule has 0 fully saturated rings. The summed E-state index contributed by atoms with van der Waals surface area (Å²) in [6, 6.07) is 0.124. The number of nitrogens with one attached hydrogen (secondary N) is 1. The van der Waals surface area contributed by atoms with Gasteiger partial charge in [0.25, 0.3) is 5.91 Å². The van der Waals surface area contributed by atoms with Gasteiger partial charge in [0.1, 0.15) is 6.04 Å². The summed E-state index contributed by atoms with van der Waals surface area (Å²) in [6.45, 7) is 3.23. The summed E-state index contributed by atoms with van der Waals surface area (Å²) in [5.41, 5.74) is 6.03. The van der Waals surface area contributed by atoms with Crippen LogP contribution in [0.3, 0.4) is 0 Å². The summed E-state index contributed by atoms with van der Waals surface area (Å²) < 4.78 is 0. The molecule has 19 heavy (non-hydrogen) atoms. The van der Waals surface area contributed by atoms with Crippen LogP contribution in [0.25, 0.3) is 0 Å². The Balaban J connectivity index is 2.90. The average Bonchev–Trinajstić information content (AvgIpc) is 2.30. The van der Waals surface area contributed by atoms with Crippen molar-refractivity contribution in [3.05, 3.63) is 23.0 Å². The van der Waals surface area contributed by atoms with E-state index in [2.05, 4.69) is 15.5 Å². The van der Waals surface area contributed by atoms with Gasteiger partial charge in [0.05, 0.1) is 23.4 Å². The maximum absolute atomic E-state index is 11.9. The fourth-order valence-electron chi connectivity index (χ4n) is 1.42. The number of nitrogens with two attached hydrogens (primary N) is 1. The SMILES string of the molecule is Cc1cc(C(=O)N[C@@H](CC(N)=O)C(=O)O)c(C)nn1. The van der Waals surface area contributed by atoms with Gasteiger partial charge in [-0.05, 0) is 19.9 Å². The van der Waals surface area contributed by atoms with Crippen LogP contribution in [0, 0.1) is 13.8 Å². The van der Waals surface area contributed by atoms with Crippen LogP contribution in [0.15, 0.2) is 6.07 Å². The van der Waals surface area contributed by atoms with Gasteiger partial charge in [-0.2, -0.15) is 10.2 Å². The Labute approximate surface area is 109 Å². The highest BCUT2D eigenvalue weighted by molar-refractivity contribution is 5.98. The van der Waals surface area contributed by atoms with Crippen molar-refractivity contribution in [3.63, 3.8) is 0 Å². The average molecular weight is 266 g/mol. The first-order chi connectivity index (χ1) is 8.81. The summed E-state index contributed by atoms with van der Waals surface area (Å²) in [5.74, 6) is -2.78. The molecule has 1 aromatic rings. The summed E-state index contributed by atoms with van der Waals surface area (Å²) in [4.78, 5) is 33.6. The first kappa shape index (κ1) is 14.6. The van der Waals surface area contributed by atoms with E-state index < -0.39 is 30.2 Å². The second-order valence-corrected chi connectivity index (χ2v) is 4.02. The van der Waals surface area contributed by atoms with Gasteiger partial charge >= 0.3 is 5.97 Å². The predicted molar refractivity (Wildman–Crippen MR) is 64.2 cm³/mol. The lowest BCUT2D eigenvalue weighted by Crippen LogP contribution is -2.43. The Morgan fingerprint density at radius 3 is 2.53 bits per heavy atom. The lowest BCUT2D eigenvalue weighted by molar-refractivity contribution is -0.140. The lowest BCUT2D eigenvalue weighted by Gasteiger charge is -2.13. The van der Waals surface area contributed by atoms with E-state index in [1.54, 1.807) is 13.8 Å². The van der Waals surface area contributed by atoms with Gasteiger partial charge in [-0.25, -0.2) is 4.79 Å². The number of carboxylic acids is 1. The molecule has 8 nitrogen and oxygen atoms in total. The number of nitrogens with zero attached hydrogens (tertiary/aromatic N) is 2. The molecule has 0 spiro atoms. The highest BCUT2D eigenvalue weighted by atomic mass is 16.4. The second-order valence-electron chi connectivity index (χ2n) is 4.02. The minimum absolute atomic E-state index is 0.211. The molecule has 0 aromatic carbocycles. The van der Waals surface area contributed by atoms with Crippen LogP contribution in [0.4, 0.5) is 0 Å². The normalized spacial score (nSPS) is 11.7. The summed E-state index contributed by atoms with van der Waals surface area (Å²) in [6.07, 6.45) is -0.475. The van der Waals surface area contributed by atoms with Gasteiger partial charge in [-0.15, -0.1) is 0 Å². The predicted octanol–water partition coefficient (Wildman–Crippen LogP) is -0.848. The number of rotatable bonds is 5. The van der Waals surface area contributed by atoms with Crippen molar-refractivity contribution in [2.24, 2.45) is 5.73 Å². The van der Waals surface area contributed by atoms with Crippen molar-refractivity contribution in [2.45, 2.75) is 26.3 Å². The minimum Gasteiger partial charge on any atom is -0.480 e. The number of carboxylic acid groups (broad SMARTS) is 1. The van der Waals surface area contributed by atoms with Crippen LogP contribution in [0.2, 0.25) is 0 Å². The van der Waals surface area contributed by atoms with E-state index in [1.165, 1.54) is 6.07 Å². The van der Waals surface area contributed by atoms with E-state index in [4.69, 9.17) is 10.8 Å². The molecular weight excluding hydrogens is 252 g/mol. The number of hydrogen-bond acceptors (Lipinski definition) is 5. The molecule has 0 aliphatic heterocycles. The molecule has 0 radical (unpaired) electrons. The standard InChI is InChI=1S/C11H14N4O4/c1-5-3-7(6(2)15-14-5)10(17)13-8(11(18)19)4-9(12)16/h3,8H,4H2,1-2H3,(H2,12,16)(H,13,17)(H,18,19)/t8-/m0/s1. The van der Waals surface area contributed by atoms with Crippen LogP contribution in [-0.4, -0.2) is 39.1 Å². The minimum atomic E-state index is -1.36. The van der Waals surface area contributed by atoms with Crippen LogP contribution >= 0.6 is 0 Å². The van der Waals surface area contributed by atoms with E-state index in [1.807, 2.05) is 0 Å². The van der Waals surface area contributed by atoms with Gasteiger partial charge in [0, 0.05) is 0 Å². The molecule has 0 saturated carbocycles. The van der Waals surface area contributed by atoms with Gasteiger partial charge in [0.2, 0.25) is 5.91 Å². The topological polar surface area (TPSA) is 135 Å². The molecule has 0 bridgehead atoms. The largest absolute Gasteiger partial charge is 0.480 e. The molecule has 0 saturated heterocycles. The van der Waals surface area contributed by atoms with Crippen molar-refractivity contribution < 1.29 is 19.5 Å². The molecule has 8 heteroatoms. The lowest BCUT2D eigenvalue weighted by atomic mass is 10.1. The van der Waals surface area contributed by atoms with Gasteiger partial charge in [0.15, 0.2) is 0 Å². The molecule has 1 heterocycles. The number of aryl methyl sites for hydroxylation is 2. The smallest absolute Gasteiger partial charge is 0.326 e. The molecule has 4 N–H and O–H groups in total. The van der Waals surface area contributed by atoms with Gasteiger partial charge in [-0.3, -0.25) is 9.59 Å². The third-order valence-electron chi connectivity index (χ3n) is 2.35. The molecule has 0 unspecified atom stereocenters. The number of amides is 2. The first-order valence-electron chi connectivity index (χ1n) is 5.44. The van der Waals surface area contributed by atoms with E-state index in [0.717, 1.165) is 0 Å². The van der Waals surface area contributed by atoms with E-state index in [-0.39, 0.29) is 5.56 Å². The quantitative estimate of drug-likeness (QED) is 0.635. The fraction of sp³-hybridized carbons (Fsp3) is 0.364. The number of aromatic nitrogens is 2. The maximum atomic E-state index is 11.9. The number of carbonyl (C=O) groups excluding carboxylic acids is 2. The Morgan fingerprint density at radius 1 is 1.37 bits per heavy atom. The first-order valence-corrected chi connectivity index (χ1v) is 5.44. The molecule has 1 rings (SSSR count). The number of carbonyl (C=O) groups is 3. The number of primary amides is 1. The summed E-state index contributed by atoms with van der Waals surface area (Å²) in [7, 11) is 0. The van der Waals surface area contributed by atoms with Crippen LogP contribution < -0.4 is 11.1 Å². The van der Waals surface area contributed by atoms with Crippen molar-refractivity contribution in [1.29, 1.82) is 0 Å². The third kappa shape index (κ3) is 4.02. The zero-order chi connectivity index (χ0) is 14.6. The zero-order valence-electron chi connectivity index (χ0n) is 10.5. The molecule has 2 amide bonds. The van der Waals surface area contributed by atoms with Crippen LogP contribution in [0.1, 0.15) is 28.2 Å². The van der Waals surface area contributed by atoms with Crippen molar-refractivity contribution in [3.8, 4) is 0 Å². The Bertz CT molecular complexity index is 529. The number of aliphatic carboxylic acids is 1. The van der Waals surface area contributed by atoms with Gasteiger partial charge in [-0.1, -0.05) is 0 Å². The van der Waals surface area contributed by atoms with E-state index >= 15 is 0 Å². The van der Waals surface area contributed by atoms with E-state index in [9.17, 15) is 14.4 Å². The monoisotopic (exact) mass is 266 g/mol. The van der Waals surface area contributed by atoms with Gasteiger partial charge < -0.3 is 16.2 Å². The second kappa shape index (κ2) is 5.89. The Hall–Kier alpha value is -2.51. The van der Waals surface area contributed by atoms with Crippen molar-refractivity contribution >= 4 is 17.8 Å². The zero-order valence-corrected chi connectivity index (χ0v) is 10.5. The third-order valence-corrected chi connectivity index (χ3v) is 2.35. The fourth-order valence-corrected chi connectivity index (χ4v) is 1.42. The maximum Gasteiger partial charge on any atom is 0.326 e. The van der Waals surface area contributed by atoms with Crippen LogP contribution in [-0.2, 0) is 9.59 Å². The Morgan fingerprint density at radius 2 is 2.00 bits per heavy atom. The van der Waals surface area contributed by atoms with Crippen molar-refractivity contribution in [2.75, 3.05) is 0 Å². The molecule has 1 atom stereocenters. The highest BCUT2D eigenvalue weighted by Gasteiger charge is 2.23. The molecule has 0 aliphatic rings. The molecule has 0 aliphatic carbocycles. The summed E-state index contributed by atoms with van der Waals surface area (Å²) in [5, 5.41) is 18.6. The molecular formula is C11H14N4O4. The molecule has 1 aromatic heterocycles. The number of hydrogen-bond donors (Lipinski definition) is 3. The van der Waals surface area contributed by atoms with Crippen LogP contribution in [0.5, 0.6) is 0 Å².